The van der Waals surface area contributed by atoms with E-state index in [2.05, 4.69) is 10.3 Å². The maximum Gasteiger partial charge on any atom is 0.168 e. The molecule has 0 bridgehead atoms. The van der Waals surface area contributed by atoms with Gasteiger partial charge in [-0.25, -0.2) is 9.37 Å². The Morgan fingerprint density at radius 2 is 2.18 bits per heavy atom. The summed E-state index contributed by atoms with van der Waals surface area (Å²) in [5.74, 6) is -0.652. The van der Waals surface area contributed by atoms with Crippen molar-refractivity contribution >= 4 is 17.8 Å². The summed E-state index contributed by atoms with van der Waals surface area (Å²) < 4.78 is 13.6. The van der Waals surface area contributed by atoms with Crippen molar-refractivity contribution in [2.75, 3.05) is 5.32 Å². The van der Waals surface area contributed by atoms with Crippen LogP contribution in [0.3, 0.4) is 0 Å². The van der Waals surface area contributed by atoms with Crippen molar-refractivity contribution in [3.63, 3.8) is 0 Å². The second kappa shape index (κ2) is 5.34. The molecule has 1 heterocycles. The van der Waals surface area contributed by atoms with Crippen molar-refractivity contribution in [1.82, 2.24) is 4.98 Å². The number of aromatic nitrogens is 1. The van der Waals surface area contributed by atoms with E-state index >= 15 is 0 Å². The van der Waals surface area contributed by atoms with Gasteiger partial charge in [0, 0.05) is 18.1 Å². The summed E-state index contributed by atoms with van der Waals surface area (Å²) in [5, 5.41) is 9.83. The predicted octanol–water partition coefficient (Wildman–Crippen LogP) is 2.45. The summed E-state index contributed by atoms with van der Waals surface area (Å²) >= 11 is 0. The first-order valence-corrected chi connectivity index (χ1v) is 5.07. The Morgan fingerprint density at radius 1 is 1.53 bits per heavy atom. The molecular weight excluding hydrogens is 221 g/mol. The highest BCUT2D eigenvalue weighted by Gasteiger charge is 2.10. The van der Waals surface area contributed by atoms with Crippen molar-refractivity contribution in [2.45, 2.75) is 20.8 Å². The Balaban J connectivity index is 3.10. The van der Waals surface area contributed by atoms with Gasteiger partial charge in [0.2, 0.25) is 0 Å². The van der Waals surface area contributed by atoms with Crippen LogP contribution in [0.4, 0.5) is 10.2 Å². The molecule has 90 valence electrons. The molecule has 1 aromatic rings. The summed E-state index contributed by atoms with van der Waals surface area (Å²) in [5.41, 5.74) is 1.08. The van der Waals surface area contributed by atoms with Gasteiger partial charge in [-0.3, -0.25) is 4.79 Å². The van der Waals surface area contributed by atoms with Crippen LogP contribution in [-0.4, -0.2) is 17.0 Å². The lowest BCUT2D eigenvalue weighted by Crippen LogP contribution is -2.09. The van der Waals surface area contributed by atoms with E-state index in [1.54, 1.807) is 19.9 Å². The van der Waals surface area contributed by atoms with E-state index in [-0.39, 0.29) is 17.2 Å². The number of carbonyl (C=O) groups is 1. The van der Waals surface area contributed by atoms with E-state index < -0.39 is 5.82 Å². The van der Waals surface area contributed by atoms with Crippen molar-refractivity contribution < 1.29 is 9.18 Å². The number of Topliss-reactive ketones (excluding diaryl/α,β-unsaturated/α-hetero) is 1. The molecule has 0 aliphatic rings. The molecule has 4 nitrogen and oxygen atoms in total. The van der Waals surface area contributed by atoms with Gasteiger partial charge in [0.15, 0.2) is 17.4 Å². The van der Waals surface area contributed by atoms with E-state index in [0.29, 0.717) is 11.3 Å². The molecule has 0 fully saturated rings. The number of anilines is 1. The van der Waals surface area contributed by atoms with Gasteiger partial charge in [0.05, 0.1) is 5.57 Å². The number of halogens is 1. The van der Waals surface area contributed by atoms with E-state index in [9.17, 15) is 9.18 Å². The van der Waals surface area contributed by atoms with Crippen LogP contribution in [-0.2, 0) is 4.79 Å². The molecule has 0 spiro atoms. The minimum atomic E-state index is -0.459. The lowest BCUT2D eigenvalue weighted by molar-refractivity contribution is -0.113. The molecule has 17 heavy (non-hydrogen) atoms. The third-order valence-corrected chi connectivity index (χ3v) is 2.32. The largest absolute Gasteiger partial charge is 0.341 e. The van der Waals surface area contributed by atoms with E-state index in [1.165, 1.54) is 13.1 Å². The Labute approximate surface area is 99.1 Å². The first-order valence-electron chi connectivity index (χ1n) is 5.07. The van der Waals surface area contributed by atoms with Crippen molar-refractivity contribution in [1.29, 1.82) is 5.41 Å². The standard InChI is InChI=1S/C12H14FN3O/c1-7-4-5-15-12(11(7)13)16-8(2)10(6-14)9(3)17/h4-6,14H,1-3H3,(H,15,16)/b10-8+,14-6?. The summed E-state index contributed by atoms with van der Waals surface area (Å²) in [6.45, 7) is 4.58. The summed E-state index contributed by atoms with van der Waals surface area (Å²) in [6.07, 6.45) is 2.42. The number of nitrogens with zero attached hydrogens (tertiary/aromatic N) is 1. The number of rotatable bonds is 4. The molecule has 1 aromatic heterocycles. The van der Waals surface area contributed by atoms with Crippen LogP contribution in [0.15, 0.2) is 23.5 Å². The molecule has 0 unspecified atom stereocenters. The lowest BCUT2D eigenvalue weighted by atomic mass is 10.1. The molecule has 0 atom stereocenters. The van der Waals surface area contributed by atoms with Crippen LogP contribution in [0.5, 0.6) is 0 Å². The zero-order chi connectivity index (χ0) is 13.0. The molecule has 0 amide bonds. The van der Waals surface area contributed by atoms with Crippen LogP contribution in [0.2, 0.25) is 0 Å². The zero-order valence-electron chi connectivity index (χ0n) is 9.97. The number of carbonyl (C=O) groups excluding carboxylic acids is 1. The zero-order valence-corrected chi connectivity index (χ0v) is 9.97. The predicted molar refractivity (Wildman–Crippen MR) is 64.7 cm³/mol. The first kappa shape index (κ1) is 13.0. The Morgan fingerprint density at radius 3 is 2.71 bits per heavy atom. The monoisotopic (exact) mass is 235 g/mol. The van der Waals surface area contributed by atoms with Crippen LogP contribution >= 0.6 is 0 Å². The van der Waals surface area contributed by atoms with Gasteiger partial charge < -0.3 is 10.7 Å². The smallest absolute Gasteiger partial charge is 0.168 e. The fourth-order valence-electron chi connectivity index (χ4n) is 1.35. The van der Waals surface area contributed by atoms with Gasteiger partial charge in [-0.1, -0.05) is 0 Å². The molecule has 0 aliphatic carbocycles. The second-order valence-electron chi connectivity index (χ2n) is 3.65. The molecule has 2 N–H and O–H groups in total. The topological polar surface area (TPSA) is 65.8 Å². The van der Waals surface area contributed by atoms with Crippen molar-refractivity contribution in [3.8, 4) is 0 Å². The minimum Gasteiger partial charge on any atom is -0.341 e. The number of pyridine rings is 1. The van der Waals surface area contributed by atoms with Gasteiger partial charge in [0.1, 0.15) is 0 Å². The fraction of sp³-hybridized carbons (Fsp3) is 0.250. The Bertz CT molecular complexity index is 495. The highest BCUT2D eigenvalue weighted by molar-refractivity contribution is 6.12. The highest BCUT2D eigenvalue weighted by atomic mass is 19.1. The number of hydrogen-bond acceptors (Lipinski definition) is 4. The molecule has 0 aliphatic heterocycles. The number of hydrogen-bond donors (Lipinski definition) is 2. The van der Waals surface area contributed by atoms with Crippen LogP contribution in [0.1, 0.15) is 19.4 Å². The van der Waals surface area contributed by atoms with Crippen molar-refractivity contribution in [3.05, 3.63) is 34.9 Å². The summed E-state index contributed by atoms with van der Waals surface area (Å²) in [6, 6.07) is 1.56. The maximum atomic E-state index is 13.6. The fourth-order valence-corrected chi connectivity index (χ4v) is 1.35. The molecule has 0 saturated heterocycles. The van der Waals surface area contributed by atoms with Gasteiger partial charge in [0.25, 0.3) is 0 Å². The molecule has 1 rings (SSSR count). The van der Waals surface area contributed by atoms with Gasteiger partial charge in [-0.15, -0.1) is 0 Å². The Kier molecular flexibility index (Phi) is 4.09. The van der Waals surface area contributed by atoms with Gasteiger partial charge in [-0.05, 0) is 32.4 Å². The van der Waals surface area contributed by atoms with E-state index in [4.69, 9.17) is 5.41 Å². The second-order valence-corrected chi connectivity index (χ2v) is 3.65. The number of allylic oxidation sites excluding steroid dienone is 2. The molecular formula is C12H14FN3O. The normalized spacial score (nSPS) is 11.8. The average molecular weight is 235 g/mol. The number of ketones is 1. The Hall–Kier alpha value is -2.04. The van der Waals surface area contributed by atoms with Crippen LogP contribution < -0.4 is 5.32 Å². The summed E-state index contributed by atoms with van der Waals surface area (Å²) in [4.78, 5) is 15.0. The maximum absolute atomic E-state index is 13.6. The number of nitrogens with one attached hydrogen (secondary N) is 2. The molecule has 5 heteroatoms. The quantitative estimate of drug-likeness (QED) is 0.622. The average Bonchev–Trinajstić information content (AvgIpc) is 2.25. The van der Waals surface area contributed by atoms with Crippen LogP contribution in [0.25, 0.3) is 0 Å². The third-order valence-electron chi connectivity index (χ3n) is 2.32. The van der Waals surface area contributed by atoms with Crippen molar-refractivity contribution in [2.24, 2.45) is 0 Å². The highest BCUT2D eigenvalue weighted by Crippen LogP contribution is 2.16. The minimum absolute atomic E-state index is 0.0584. The number of aryl methyl sites for hydroxylation is 1. The van der Waals surface area contributed by atoms with E-state index in [1.807, 2.05) is 0 Å². The van der Waals surface area contributed by atoms with Crippen LogP contribution in [0, 0.1) is 18.2 Å². The SMILES string of the molecule is CC(=O)/C(C=N)=C(\C)Nc1nccc(C)c1F. The lowest BCUT2D eigenvalue weighted by Gasteiger charge is -2.10. The van der Waals surface area contributed by atoms with E-state index in [0.717, 1.165) is 6.21 Å². The van der Waals surface area contributed by atoms with Gasteiger partial charge >= 0.3 is 0 Å². The molecule has 0 radical (unpaired) electrons. The van der Waals surface area contributed by atoms with Gasteiger partial charge in [-0.2, -0.15) is 0 Å². The molecule has 0 aromatic carbocycles. The molecule has 0 saturated carbocycles. The third kappa shape index (κ3) is 2.96. The first-order chi connectivity index (χ1) is 7.97. The summed E-state index contributed by atoms with van der Waals surface area (Å²) in [7, 11) is 0.